The summed E-state index contributed by atoms with van der Waals surface area (Å²) in [7, 11) is 0. The van der Waals surface area contributed by atoms with Crippen molar-refractivity contribution in [1.29, 1.82) is 0 Å². The monoisotopic (exact) mass is 397 g/mol. The molecule has 0 aromatic carbocycles. The fraction of sp³-hybridized carbons (Fsp3) is 0.158. The number of pyridine rings is 2. The molecule has 0 aliphatic carbocycles. The molecule has 0 radical (unpaired) electrons. The molecule has 29 heavy (non-hydrogen) atoms. The van der Waals surface area contributed by atoms with Crippen LogP contribution in [-0.4, -0.2) is 29.5 Å². The van der Waals surface area contributed by atoms with Crippen LogP contribution in [0.3, 0.4) is 0 Å². The molecule has 10 heteroatoms. The predicted molar refractivity (Wildman–Crippen MR) is 106 cm³/mol. The number of nitrogens with zero attached hydrogens (tertiary/aromatic N) is 6. The van der Waals surface area contributed by atoms with Crippen molar-refractivity contribution in [2.45, 2.75) is 20.6 Å². The highest BCUT2D eigenvalue weighted by atomic mass is 16.6. The number of nitrogens with two attached hydrogens (primary N) is 1. The van der Waals surface area contributed by atoms with Crippen molar-refractivity contribution in [3.8, 4) is 11.6 Å². The largest absolute Gasteiger partial charge is 0.300 e. The van der Waals surface area contributed by atoms with E-state index in [4.69, 9.17) is 10.7 Å². The molecule has 5 N–H and O–H groups in total. The van der Waals surface area contributed by atoms with Gasteiger partial charge in [0, 0.05) is 42.7 Å². The summed E-state index contributed by atoms with van der Waals surface area (Å²) < 4.78 is 3.39. The van der Waals surface area contributed by atoms with Gasteiger partial charge in [-0.15, -0.1) is 0 Å². The highest BCUT2D eigenvalue weighted by Crippen LogP contribution is 2.05. The van der Waals surface area contributed by atoms with Gasteiger partial charge in [-0.2, -0.15) is 10.2 Å². The molecule has 0 saturated carbocycles. The molecule has 10 nitrogen and oxygen atoms in total. The van der Waals surface area contributed by atoms with E-state index in [2.05, 4.69) is 30.9 Å². The average Bonchev–Trinajstić information content (AvgIpc) is 3.45. The molecule has 0 aliphatic heterocycles. The van der Waals surface area contributed by atoms with Crippen molar-refractivity contribution < 1.29 is 15.6 Å². The minimum atomic E-state index is 0. The van der Waals surface area contributed by atoms with Crippen molar-refractivity contribution in [3.63, 3.8) is 0 Å². The van der Waals surface area contributed by atoms with Gasteiger partial charge < -0.3 is 0 Å². The van der Waals surface area contributed by atoms with Crippen LogP contribution in [0.15, 0.2) is 73.6 Å². The zero-order chi connectivity index (χ0) is 19.6. The summed E-state index contributed by atoms with van der Waals surface area (Å²) >= 11 is 0. The molecule has 4 rings (SSSR count). The zero-order valence-electron chi connectivity index (χ0n) is 15.1. The van der Waals surface area contributed by atoms with Gasteiger partial charge in [0.15, 0.2) is 11.6 Å². The SMILES string of the molecule is C.NOCc1ccc(-n2cccn2)nc1.[NH3+]OCc1ccc(-n2cccn2)nc1. The summed E-state index contributed by atoms with van der Waals surface area (Å²) in [5.74, 6) is 9.82. The molecule has 0 unspecified atom stereocenters. The molecule has 0 fully saturated rings. The molecule has 0 atom stereocenters. The van der Waals surface area contributed by atoms with Gasteiger partial charge in [0.2, 0.25) is 0 Å². The van der Waals surface area contributed by atoms with E-state index in [1.165, 1.54) is 0 Å². The standard InChI is InChI=1S/C9H11N4O.C9H10N4O.CH4/c2*10-14-7-8-2-3-9(11-6-8)13-5-1-4-12-13;/h1-6H,7H2,10H3;1-6H,7,10H2;1H4/q+1;;. The normalized spacial score (nSPS) is 10.0. The third-order valence-corrected chi connectivity index (χ3v) is 3.62. The molecule has 152 valence electrons. The first kappa shape index (κ1) is 21.9. The Morgan fingerprint density at radius 3 is 1.69 bits per heavy atom. The van der Waals surface area contributed by atoms with Crippen LogP contribution in [0.25, 0.3) is 11.6 Å². The van der Waals surface area contributed by atoms with Crippen molar-refractivity contribution in [3.05, 3.63) is 84.7 Å². The van der Waals surface area contributed by atoms with Crippen LogP contribution in [0, 0.1) is 0 Å². The molecule has 0 spiro atoms. The minimum absolute atomic E-state index is 0. The lowest BCUT2D eigenvalue weighted by molar-refractivity contribution is -0.695. The quantitative estimate of drug-likeness (QED) is 0.467. The molecular weight excluding hydrogens is 372 g/mol. The Morgan fingerprint density at radius 2 is 1.34 bits per heavy atom. The number of quaternary nitrogens is 1. The van der Waals surface area contributed by atoms with Crippen molar-refractivity contribution >= 4 is 0 Å². The summed E-state index contributed by atoms with van der Waals surface area (Å²) in [6, 6.07) is 11.3. The van der Waals surface area contributed by atoms with Gasteiger partial charge in [0.05, 0.1) is 6.61 Å². The molecular formula is C19H25N8O2+. The highest BCUT2D eigenvalue weighted by Gasteiger charge is 1.99. The summed E-state index contributed by atoms with van der Waals surface area (Å²) in [6.45, 7) is 0.846. The second kappa shape index (κ2) is 11.4. The van der Waals surface area contributed by atoms with Crippen LogP contribution in [0.4, 0.5) is 0 Å². The summed E-state index contributed by atoms with van der Waals surface area (Å²) in [5, 5.41) is 8.13. The predicted octanol–water partition coefficient (Wildman–Crippen LogP) is 1.23. The van der Waals surface area contributed by atoms with E-state index in [-0.39, 0.29) is 7.43 Å². The van der Waals surface area contributed by atoms with Gasteiger partial charge in [0.25, 0.3) is 0 Å². The smallest absolute Gasteiger partial charge is 0.153 e. The molecule has 4 aromatic rings. The molecule has 0 saturated heterocycles. The van der Waals surface area contributed by atoms with Crippen LogP contribution < -0.4 is 11.8 Å². The van der Waals surface area contributed by atoms with Gasteiger partial charge in [-0.1, -0.05) is 19.6 Å². The van der Waals surface area contributed by atoms with E-state index in [1.807, 2.05) is 48.8 Å². The highest BCUT2D eigenvalue weighted by molar-refractivity contribution is 5.24. The summed E-state index contributed by atoms with van der Waals surface area (Å²) in [6.07, 6.45) is 10.6. The Balaban J connectivity index is 0.000000200. The van der Waals surface area contributed by atoms with E-state index in [0.717, 1.165) is 22.8 Å². The topological polar surface area (TPSA) is 134 Å². The first-order chi connectivity index (χ1) is 13.8. The number of hydrogen-bond donors (Lipinski definition) is 2. The molecule has 0 bridgehead atoms. The van der Waals surface area contributed by atoms with E-state index in [0.29, 0.717) is 13.2 Å². The number of aromatic nitrogens is 6. The second-order valence-electron chi connectivity index (χ2n) is 5.61. The molecule has 0 aliphatic rings. The Morgan fingerprint density at radius 1 is 0.828 bits per heavy atom. The Labute approximate surface area is 168 Å². The Hall–Kier alpha value is -3.44. The minimum Gasteiger partial charge on any atom is -0.300 e. The maximum Gasteiger partial charge on any atom is 0.153 e. The van der Waals surface area contributed by atoms with Gasteiger partial charge in [0.1, 0.15) is 6.61 Å². The number of rotatable bonds is 6. The van der Waals surface area contributed by atoms with E-state index < -0.39 is 0 Å². The van der Waals surface area contributed by atoms with Crippen LogP contribution in [-0.2, 0) is 22.9 Å². The fourth-order valence-electron chi connectivity index (χ4n) is 2.30. The first-order valence-corrected chi connectivity index (χ1v) is 8.38. The van der Waals surface area contributed by atoms with Gasteiger partial charge >= 0.3 is 0 Å². The first-order valence-electron chi connectivity index (χ1n) is 8.38. The van der Waals surface area contributed by atoms with E-state index >= 15 is 0 Å². The van der Waals surface area contributed by atoms with E-state index in [1.54, 1.807) is 34.2 Å². The summed E-state index contributed by atoms with van der Waals surface area (Å²) in [4.78, 5) is 17.7. The van der Waals surface area contributed by atoms with Crippen molar-refractivity contribution in [2.75, 3.05) is 0 Å². The van der Waals surface area contributed by atoms with Gasteiger partial charge in [-0.05, 0) is 29.8 Å². The van der Waals surface area contributed by atoms with Crippen LogP contribution in [0.1, 0.15) is 18.6 Å². The molecule has 4 heterocycles. The van der Waals surface area contributed by atoms with Crippen LogP contribution >= 0.6 is 0 Å². The fourth-order valence-corrected chi connectivity index (χ4v) is 2.30. The van der Waals surface area contributed by atoms with Crippen LogP contribution in [0.5, 0.6) is 0 Å². The molecule has 0 amide bonds. The summed E-state index contributed by atoms with van der Waals surface area (Å²) in [5.41, 5.74) is 1.93. The Bertz CT molecular complexity index is 844. The third-order valence-electron chi connectivity index (χ3n) is 3.62. The van der Waals surface area contributed by atoms with Gasteiger partial charge in [-0.25, -0.2) is 36.0 Å². The van der Waals surface area contributed by atoms with Crippen LogP contribution in [0.2, 0.25) is 0 Å². The Kier molecular flexibility index (Phi) is 8.60. The van der Waals surface area contributed by atoms with Crippen molar-refractivity contribution in [2.24, 2.45) is 5.90 Å². The maximum absolute atomic E-state index is 4.95. The lowest BCUT2D eigenvalue weighted by Crippen LogP contribution is -2.48. The lowest BCUT2D eigenvalue weighted by Gasteiger charge is -2.01. The third kappa shape index (κ3) is 6.30. The average molecular weight is 397 g/mol. The van der Waals surface area contributed by atoms with Crippen molar-refractivity contribution in [1.82, 2.24) is 29.5 Å². The molecule has 4 aromatic heterocycles. The van der Waals surface area contributed by atoms with Gasteiger partial charge in [-0.3, -0.25) is 4.84 Å². The van der Waals surface area contributed by atoms with E-state index in [9.17, 15) is 0 Å². The maximum atomic E-state index is 4.95. The lowest BCUT2D eigenvalue weighted by atomic mass is 10.3. The number of hydrogen-bond acceptors (Lipinski definition) is 7. The second-order valence-corrected chi connectivity index (χ2v) is 5.61. The zero-order valence-corrected chi connectivity index (χ0v) is 15.1.